The number of fused-ring (bicyclic) bond motifs is 1. The van der Waals surface area contributed by atoms with E-state index in [0.717, 1.165) is 4.47 Å². The minimum Gasteiger partial charge on any atom is -0.369 e. The fourth-order valence-corrected chi connectivity index (χ4v) is 2.81. The van der Waals surface area contributed by atoms with Gasteiger partial charge in [0.1, 0.15) is 6.07 Å². The van der Waals surface area contributed by atoms with Crippen LogP contribution in [-0.2, 0) is 0 Å². The zero-order valence-electron chi connectivity index (χ0n) is 10.4. The lowest BCUT2D eigenvalue weighted by Gasteiger charge is -2.09. The summed E-state index contributed by atoms with van der Waals surface area (Å²) in [6, 6.07) is 10.8. The number of nitriles is 1. The SMILES string of the molecule is N#Cc1cc(Br)ccc1-n1c(N)nc2cc(Cl)c(Cl)cc21. The van der Waals surface area contributed by atoms with E-state index < -0.39 is 0 Å². The summed E-state index contributed by atoms with van der Waals surface area (Å²) < 4.78 is 2.49. The molecule has 21 heavy (non-hydrogen) atoms. The maximum absolute atomic E-state index is 9.31. The normalized spacial score (nSPS) is 10.8. The van der Waals surface area contributed by atoms with Crippen molar-refractivity contribution in [1.82, 2.24) is 9.55 Å². The van der Waals surface area contributed by atoms with Crippen molar-refractivity contribution < 1.29 is 0 Å². The summed E-state index contributed by atoms with van der Waals surface area (Å²) >= 11 is 15.4. The molecule has 0 aliphatic heterocycles. The van der Waals surface area contributed by atoms with Crippen LogP contribution in [0.2, 0.25) is 10.0 Å². The summed E-state index contributed by atoms with van der Waals surface area (Å²) in [6.45, 7) is 0. The molecular formula is C14H7BrCl2N4. The van der Waals surface area contributed by atoms with E-state index in [2.05, 4.69) is 27.0 Å². The topological polar surface area (TPSA) is 67.6 Å². The molecule has 0 saturated carbocycles. The fraction of sp³-hybridized carbons (Fsp3) is 0. The average molecular weight is 382 g/mol. The predicted octanol–water partition coefficient (Wildman–Crippen LogP) is 4.55. The lowest BCUT2D eigenvalue weighted by Crippen LogP contribution is -2.02. The van der Waals surface area contributed by atoms with Gasteiger partial charge in [0.15, 0.2) is 0 Å². The molecule has 0 amide bonds. The Morgan fingerprint density at radius 2 is 1.90 bits per heavy atom. The monoisotopic (exact) mass is 380 g/mol. The van der Waals surface area contributed by atoms with Crippen LogP contribution in [0.1, 0.15) is 5.56 Å². The molecule has 0 bridgehead atoms. The Kier molecular flexibility index (Phi) is 3.54. The number of nitrogens with zero attached hydrogens (tertiary/aromatic N) is 3. The number of halogens is 3. The molecule has 0 unspecified atom stereocenters. The molecule has 104 valence electrons. The van der Waals surface area contributed by atoms with Gasteiger partial charge < -0.3 is 5.73 Å². The molecule has 1 heterocycles. The molecule has 4 nitrogen and oxygen atoms in total. The van der Waals surface area contributed by atoms with E-state index in [0.29, 0.717) is 32.3 Å². The molecule has 2 aromatic carbocycles. The minimum absolute atomic E-state index is 0.266. The quantitative estimate of drug-likeness (QED) is 0.672. The number of aromatic nitrogens is 2. The van der Waals surface area contributed by atoms with Gasteiger partial charge in [-0.1, -0.05) is 39.1 Å². The highest BCUT2D eigenvalue weighted by molar-refractivity contribution is 9.10. The molecule has 0 fully saturated rings. The fourth-order valence-electron chi connectivity index (χ4n) is 2.14. The zero-order valence-corrected chi connectivity index (χ0v) is 13.5. The van der Waals surface area contributed by atoms with Crippen molar-refractivity contribution in [1.29, 1.82) is 5.26 Å². The highest BCUT2D eigenvalue weighted by atomic mass is 79.9. The van der Waals surface area contributed by atoms with Crippen LogP contribution in [-0.4, -0.2) is 9.55 Å². The van der Waals surface area contributed by atoms with Crippen molar-refractivity contribution in [2.45, 2.75) is 0 Å². The first-order valence-electron chi connectivity index (χ1n) is 5.84. The van der Waals surface area contributed by atoms with Crippen LogP contribution in [0.25, 0.3) is 16.7 Å². The molecule has 0 radical (unpaired) electrons. The van der Waals surface area contributed by atoms with E-state index in [1.807, 2.05) is 6.07 Å². The third-order valence-corrected chi connectivity index (χ3v) is 4.26. The van der Waals surface area contributed by atoms with Gasteiger partial charge in [-0.15, -0.1) is 0 Å². The second kappa shape index (κ2) is 5.23. The molecule has 0 aliphatic carbocycles. The van der Waals surface area contributed by atoms with E-state index in [1.54, 1.807) is 28.8 Å². The van der Waals surface area contributed by atoms with Crippen molar-refractivity contribution in [2.75, 3.05) is 5.73 Å². The predicted molar refractivity (Wildman–Crippen MR) is 87.9 cm³/mol. The summed E-state index contributed by atoms with van der Waals surface area (Å²) in [5.41, 5.74) is 8.42. The largest absolute Gasteiger partial charge is 0.369 e. The molecule has 0 spiro atoms. The molecule has 7 heteroatoms. The first-order chi connectivity index (χ1) is 10.0. The maximum atomic E-state index is 9.31. The van der Waals surface area contributed by atoms with Crippen molar-refractivity contribution in [3.05, 3.63) is 50.4 Å². The van der Waals surface area contributed by atoms with Crippen LogP contribution in [0, 0.1) is 11.3 Å². The van der Waals surface area contributed by atoms with E-state index in [9.17, 15) is 5.26 Å². The molecule has 0 saturated heterocycles. The highest BCUT2D eigenvalue weighted by Crippen LogP contribution is 2.32. The van der Waals surface area contributed by atoms with Gasteiger partial charge in [-0.25, -0.2) is 4.98 Å². The second-order valence-corrected chi connectivity index (χ2v) is 6.06. The van der Waals surface area contributed by atoms with Crippen LogP contribution >= 0.6 is 39.1 Å². The molecular weight excluding hydrogens is 375 g/mol. The molecule has 3 rings (SSSR count). The maximum Gasteiger partial charge on any atom is 0.205 e. The smallest absolute Gasteiger partial charge is 0.205 e. The lowest BCUT2D eigenvalue weighted by molar-refractivity contribution is 1.10. The minimum atomic E-state index is 0.266. The van der Waals surface area contributed by atoms with Gasteiger partial charge in [-0.3, -0.25) is 4.57 Å². The Bertz CT molecular complexity index is 911. The lowest BCUT2D eigenvalue weighted by atomic mass is 10.2. The van der Waals surface area contributed by atoms with Gasteiger partial charge >= 0.3 is 0 Å². The Balaban J connectivity index is 2.38. The molecule has 0 aliphatic rings. The van der Waals surface area contributed by atoms with Crippen LogP contribution < -0.4 is 5.73 Å². The van der Waals surface area contributed by atoms with E-state index in [1.165, 1.54) is 0 Å². The van der Waals surface area contributed by atoms with Crippen molar-refractivity contribution >= 4 is 56.1 Å². The number of nitrogens with two attached hydrogens (primary N) is 1. The molecule has 0 atom stereocenters. The number of anilines is 1. The van der Waals surface area contributed by atoms with Crippen LogP contribution in [0.3, 0.4) is 0 Å². The van der Waals surface area contributed by atoms with Gasteiger partial charge in [0.25, 0.3) is 0 Å². The Morgan fingerprint density at radius 1 is 1.19 bits per heavy atom. The number of imidazole rings is 1. The van der Waals surface area contributed by atoms with Gasteiger partial charge in [-0.2, -0.15) is 5.26 Å². The van der Waals surface area contributed by atoms with E-state index >= 15 is 0 Å². The van der Waals surface area contributed by atoms with Gasteiger partial charge in [-0.05, 0) is 30.3 Å². The number of hydrogen-bond acceptors (Lipinski definition) is 3. The van der Waals surface area contributed by atoms with Crippen LogP contribution in [0.5, 0.6) is 0 Å². The summed E-state index contributed by atoms with van der Waals surface area (Å²) in [5, 5.41) is 10.1. The third kappa shape index (κ3) is 2.36. The van der Waals surface area contributed by atoms with Gasteiger partial charge in [0.2, 0.25) is 5.95 Å². The summed E-state index contributed by atoms with van der Waals surface area (Å²) in [4.78, 5) is 4.27. The summed E-state index contributed by atoms with van der Waals surface area (Å²) in [6.07, 6.45) is 0. The second-order valence-electron chi connectivity index (χ2n) is 4.33. The number of rotatable bonds is 1. The highest BCUT2D eigenvalue weighted by Gasteiger charge is 2.15. The molecule has 2 N–H and O–H groups in total. The summed E-state index contributed by atoms with van der Waals surface area (Å²) in [5.74, 6) is 0.266. The van der Waals surface area contributed by atoms with Crippen LogP contribution in [0.15, 0.2) is 34.8 Å². The van der Waals surface area contributed by atoms with Gasteiger partial charge in [0.05, 0.1) is 32.3 Å². The molecule has 1 aromatic heterocycles. The first kappa shape index (κ1) is 14.2. The Morgan fingerprint density at radius 3 is 2.62 bits per heavy atom. The van der Waals surface area contributed by atoms with Gasteiger partial charge in [0, 0.05) is 4.47 Å². The van der Waals surface area contributed by atoms with E-state index in [-0.39, 0.29) is 5.95 Å². The Labute approximate surface area is 138 Å². The standard InChI is InChI=1S/C14H7BrCl2N4/c15-8-1-2-12(7(3-8)6-18)21-13-5-10(17)9(16)4-11(13)20-14(21)19/h1-5H,(H2,19,20). The number of hydrogen-bond donors (Lipinski definition) is 1. The number of benzene rings is 2. The number of nitrogen functional groups attached to an aromatic ring is 1. The van der Waals surface area contributed by atoms with E-state index in [4.69, 9.17) is 28.9 Å². The first-order valence-corrected chi connectivity index (χ1v) is 7.39. The summed E-state index contributed by atoms with van der Waals surface area (Å²) in [7, 11) is 0. The third-order valence-electron chi connectivity index (χ3n) is 3.04. The van der Waals surface area contributed by atoms with Crippen molar-refractivity contribution in [3.8, 4) is 11.8 Å². The zero-order chi connectivity index (χ0) is 15.1. The average Bonchev–Trinajstić information content (AvgIpc) is 2.75. The van der Waals surface area contributed by atoms with Crippen LogP contribution in [0.4, 0.5) is 5.95 Å². The molecule has 3 aromatic rings. The Hall–Kier alpha value is -1.74. The van der Waals surface area contributed by atoms with Crippen molar-refractivity contribution in [2.24, 2.45) is 0 Å². The van der Waals surface area contributed by atoms with Crippen molar-refractivity contribution in [3.63, 3.8) is 0 Å².